The van der Waals surface area contributed by atoms with Gasteiger partial charge in [0.2, 0.25) is 0 Å². The number of carbonyl (C=O) groups is 3. The van der Waals surface area contributed by atoms with Gasteiger partial charge in [-0.05, 0) is 6.92 Å². The van der Waals surface area contributed by atoms with Crippen LogP contribution in [0.5, 0.6) is 0 Å². The maximum atomic E-state index is 11.8. The van der Waals surface area contributed by atoms with Crippen molar-refractivity contribution < 1.29 is 34.1 Å². The molecule has 3 N–H and O–H groups in total. The zero-order chi connectivity index (χ0) is 15.5. The lowest BCUT2D eigenvalue weighted by Gasteiger charge is -2.23. The van der Waals surface area contributed by atoms with Gasteiger partial charge in [-0.15, -0.1) is 0 Å². The Balaban J connectivity index is 4.61. The average molecular weight is 292 g/mol. The molecule has 0 spiro atoms. The molecule has 0 bridgehead atoms. The van der Waals surface area contributed by atoms with Crippen molar-refractivity contribution in [1.29, 1.82) is 0 Å². The number of aliphatic hydroxyl groups excluding tert-OH is 1. The summed E-state index contributed by atoms with van der Waals surface area (Å²) in [6.07, 6.45) is 0. The van der Waals surface area contributed by atoms with Crippen LogP contribution in [0.15, 0.2) is 0 Å². The number of nitrogens with one attached hydrogen (secondary N) is 1. The number of carbonyl (C=O) groups excluding carboxylic acids is 2. The van der Waals surface area contributed by atoms with Crippen LogP contribution < -0.4 is 5.32 Å². The molecule has 0 aromatic rings. The van der Waals surface area contributed by atoms with E-state index in [0.29, 0.717) is 0 Å². The van der Waals surface area contributed by atoms with E-state index in [9.17, 15) is 14.4 Å². The number of amides is 2. The first-order valence-electron chi connectivity index (χ1n) is 5.99. The minimum absolute atomic E-state index is 0.0823. The molecule has 2 amide bonds. The molecule has 9 nitrogen and oxygen atoms in total. The molecule has 0 unspecified atom stereocenters. The minimum atomic E-state index is -1.44. The minimum Gasteiger partial charge on any atom is -0.480 e. The Morgan fingerprint density at radius 2 is 2.00 bits per heavy atom. The molecule has 20 heavy (non-hydrogen) atoms. The second-order valence-electron chi connectivity index (χ2n) is 3.74. The van der Waals surface area contributed by atoms with Crippen molar-refractivity contribution in [1.82, 2.24) is 10.2 Å². The third-order valence-electron chi connectivity index (χ3n) is 2.26. The third-order valence-corrected chi connectivity index (χ3v) is 2.26. The number of nitrogens with zero attached hydrogens (tertiary/aromatic N) is 1. The highest BCUT2D eigenvalue weighted by Gasteiger charge is 2.24. The van der Waals surface area contributed by atoms with Gasteiger partial charge >= 0.3 is 18.0 Å². The van der Waals surface area contributed by atoms with Crippen LogP contribution in [0.3, 0.4) is 0 Å². The van der Waals surface area contributed by atoms with E-state index in [1.165, 1.54) is 7.11 Å². The van der Waals surface area contributed by atoms with E-state index in [0.717, 1.165) is 4.90 Å². The molecular weight excluding hydrogens is 272 g/mol. The predicted octanol–water partition coefficient (Wildman–Crippen LogP) is -1.35. The summed E-state index contributed by atoms with van der Waals surface area (Å²) in [6.45, 7) is 0.971. The summed E-state index contributed by atoms with van der Waals surface area (Å²) in [7, 11) is 1.42. The quantitative estimate of drug-likeness (QED) is 0.449. The number of ether oxygens (including phenoxy) is 2. The van der Waals surface area contributed by atoms with Crippen molar-refractivity contribution in [2.75, 3.05) is 40.0 Å². The molecule has 0 rings (SSSR count). The number of methoxy groups -OCH3 is 1. The van der Waals surface area contributed by atoms with Gasteiger partial charge in [0.1, 0.15) is 6.54 Å². The first-order valence-corrected chi connectivity index (χ1v) is 5.99. The number of rotatable bonds is 9. The van der Waals surface area contributed by atoms with Gasteiger partial charge in [0.25, 0.3) is 0 Å². The Bertz CT molecular complexity index is 335. The predicted molar refractivity (Wildman–Crippen MR) is 67.1 cm³/mol. The van der Waals surface area contributed by atoms with Crippen LogP contribution in [-0.4, -0.2) is 79.1 Å². The Morgan fingerprint density at radius 1 is 1.35 bits per heavy atom. The highest BCUT2D eigenvalue weighted by atomic mass is 16.5. The summed E-state index contributed by atoms with van der Waals surface area (Å²) >= 11 is 0. The van der Waals surface area contributed by atoms with Gasteiger partial charge < -0.3 is 29.9 Å². The summed E-state index contributed by atoms with van der Waals surface area (Å²) < 4.78 is 9.52. The monoisotopic (exact) mass is 292 g/mol. The summed E-state index contributed by atoms with van der Waals surface area (Å²) in [6, 6.07) is -2.23. The summed E-state index contributed by atoms with van der Waals surface area (Å²) in [4.78, 5) is 35.0. The molecule has 0 aromatic heterocycles. The maximum Gasteiger partial charge on any atom is 0.328 e. The third kappa shape index (κ3) is 6.90. The van der Waals surface area contributed by atoms with Crippen molar-refractivity contribution in [2.45, 2.75) is 13.0 Å². The Labute approximate surface area is 116 Å². The zero-order valence-corrected chi connectivity index (χ0v) is 11.5. The number of hydrogen-bond acceptors (Lipinski definition) is 6. The smallest absolute Gasteiger partial charge is 0.328 e. The lowest BCUT2D eigenvalue weighted by atomic mass is 10.3. The van der Waals surface area contributed by atoms with E-state index < -0.39 is 30.6 Å². The molecule has 9 heteroatoms. The highest BCUT2D eigenvalue weighted by molar-refractivity contribution is 5.85. The van der Waals surface area contributed by atoms with E-state index in [1.807, 2.05) is 0 Å². The second kappa shape index (κ2) is 9.98. The van der Waals surface area contributed by atoms with Crippen LogP contribution in [0, 0.1) is 0 Å². The number of hydrogen-bond donors (Lipinski definition) is 3. The van der Waals surface area contributed by atoms with Crippen molar-refractivity contribution in [3.8, 4) is 0 Å². The molecule has 0 saturated heterocycles. The summed E-state index contributed by atoms with van der Waals surface area (Å²) in [5, 5.41) is 19.7. The van der Waals surface area contributed by atoms with E-state index in [-0.39, 0.29) is 26.3 Å². The van der Waals surface area contributed by atoms with Gasteiger partial charge in [0, 0.05) is 13.7 Å². The number of aliphatic hydroxyl groups is 1. The second-order valence-corrected chi connectivity index (χ2v) is 3.74. The number of esters is 1. The van der Waals surface area contributed by atoms with Gasteiger partial charge in [-0.2, -0.15) is 0 Å². The number of urea groups is 1. The standard InChI is InChI=1S/C11H20N2O7/c1-3-20-9(15)6-13(4-5-19-2)11(18)12-8(7-14)10(16)17/h8,14H,3-7H2,1-2H3,(H,12,18)(H,16,17)/t8-/m1/s1. The van der Waals surface area contributed by atoms with E-state index >= 15 is 0 Å². The SMILES string of the molecule is CCOC(=O)CN(CCOC)C(=O)N[C@H](CO)C(=O)O. The fourth-order valence-electron chi connectivity index (χ4n) is 1.24. The van der Waals surface area contributed by atoms with Gasteiger partial charge in [-0.25, -0.2) is 9.59 Å². The van der Waals surface area contributed by atoms with Gasteiger partial charge in [-0.3, -0.25) is 4.79 Å². The molecule has 116 valence electrons. The maximum absolute atomic E-state index is 11.8. The number of carboxylic acid groups (broad SMARTS) is 1. The van der Waals surface area contributed by atoms with E-state index in [2.05, 4.69) is 5.32 Å². The molecule has 0 aliphatic carbocycles. The Morgan fingerprint density at radius 3 is 2.45 bits per heavy atom. The summed E-state index contributed by atoms with van der Waals surface area (Å²) in [5.74, 6) is -1.99. The highest BCUT2D eigenvalue weighted by Crippen LogP contribution is 1.95. The van der Waals surface area contributed by atoms with Crippen LogP contribution in [-0.2, 0) is 19.1 Å². The molecule has 0 saturated carbocycles. The van der Waals surface area contributed by atoms with Crippen LogP contribution in [0.2, 0.25) is 0 Å². The molecule has 1 atom stereocenters. The van der Waals surface area contributed by atoms with Gasteiger partial charge in [0.05, 0.1) is 19.8 Å². The van der Waals surface area contributed by atoms with Crippen LogP contribution in [0.1, 0.15) is 6.92 Å². The molecule has 0 heterocycles. The van der Waals surface area contributed by atoms with E-state index in [1.54, 1.807) is 6.92 Å². The number of carboxylic acids is 1. The molecule has 0 aliphatic rings. The molecule has 0 aromatic carbocycles. The topological polar surface area (TPSA) is 125 Å². The first-order chi connectivity index (χ1) is 9.46. The normalized spacial score (nSPS) is 11.6. The van der Waals surface area contributed by atoms with Gasteiger partial charge in [-0.1, -0.05) is 0 Å². The lowest BCUT2D eigenvalue weighted by Crippen LogP contribution is -2.51. The van der Waals surface area contributed by atoms with Crippen molar-refractivity contribution in [3.05, 3.63) is 0 Å². The van der Waals surface area contributed by atoms with Crippen LogP contribution in [0.25, 0.3) is 0 Å². The number of aliphatic carboxylic acids is 1. The lowest BCUT2D eigenvalue weighted by molar-refractivity contribution is -0.143. The molecule has 0 fully saturated rings. The Kier molecular flexibility index (Phi) is 9.05. The fourth-order valence-corrected chi connectivity index (χ4v) is 1.24. The van der Waals surface area contributed by atoms with Crippen molar-refractivity contribution in [2.24, 2.45) is 0 Å². The Hall–Kier alpha value is -1.87. The molecule has 0 aliphatic heterocycles. The molecule has 0 radical (unpaired) electrons. The summed E-state index contributed by atoms with van der Waals surface area (Å²) in [5.41, 5.74) is 0. The first kappa shape index (κ1) is 18.1. The zero-order valence-electron chi connectivity index (χ0n) is 11.5. The largest absolute Gasteiger partial charge is 0.480 e. The van der Waals surface area contributed by atoms with Crippen LogP contribution in [0.4, 0.5) is 4.79 Å². The van der Waals surface area contributed by atoms with Crippen molar-refractivity contribution in [3.63, 3.8) is 0 Å². The van der Waals surface area contributed by atoms with E-state index in [4.69, 9.17) is 19.7 Å². The van der Waals surface area contributed by atoms with Crippen molar-refractivity contribution >= 4 is 18.0 Å². The average Bonchev–Trinajstić information content (AvgIpc) is 2.40. The molecular formula is C11H20N2O7. The van der Waals surface area contributed by atoms with Gasteiger partial charge in [0.15, 0.2) is 6.04 Å². The van der Waals surface area contributed by atoms with Crippen LogP contribution >= 0.6 is 0 Å². The fraction of sp³-hybridized carbons (Fsp3) is 0.727.